The summed E-state index contributed by atoms with van der Waals surface area (Å²) in [6.45, 7) is 6.36. The van der Waals surface area contributed by atoms with Crippen molar-refractivity contribution in [3.8, 4) is 0 Å². The summed E-state index contributed by atoms with van der Waals surface area (Å²) in [4.78, 5) is 31.3. The number of rotatable bonds is 5. The first-order valence-corrected chi connectivity index (χ1v) is 7.54. The van der Waals surface area contributed by atoms with E-state index in [1.807, 2.05) is 31.4 Å². The van der Waals surface area contributed by atoms with Crippen LogP contribution in [0.5, 0.6) is 0 Å². The lowest BCUT2D eigenvalue weighted by molar-refractivity contribution is -0.141. The number of hydrogen-bond donors (Lipinski definition) is 0. The zero-order valence-electron chi connectivity index (χ0n) is 12.6. The number of imidazole rings is 1. The molecule has 7 heteroatoms. The molecule has 0 spiro atoms. The summed E-state index contributed by atoms with van der Waals surface area (Å²) in [6, 6.07) is 0. The van der Waals surface area contributed by atoms with Gasteiger partial charge in [-0.1, -0.05) is 25.2 Å². The molecule has 0 aliphatic rings. The molecule has 0 aliphatic carbocycles. The van der Waals surface area contributed by atoms with Crippen LogP contribution in [0.25, 0.3) is 4.96 Å². The Morgan fingerprint density at radius 1 is 1.48 bits per heavy atom. The highest BCUT2D eigenvalue weighted by molar-refractivity contribution is 7.19. The summed E-state index contributed by atoms with van der Waals surface area (Å²) in [5.41, 5.74) is 0.844. The Balaban J connectivity index is 2.29. The molecule has 2 aromatic heterocycles. The molecule has 0 radical (unpaired) electrons. The van der Waals surface area contributed by atoms with Crippen molar-refractivity contribution in [3.63, 3.8) is 0 Å². The maximum Gasteiger partial charge on any atom is 0.325 e. The number of esters is 1. The first kappa shape index (κ1) is 15.5. The standard InChI is InChI=1S/C14H19N3O3S/c1-9(2)7-16(8-11(18)20-4)13(19)12-10(3)17-6-5-15-14(17)21-12/h5-6,9H,7-8H2,1-4H3. The molecule has 0 bridgehead atoms. The van der Waals surface area contributed by atoms with Crippen LogP contribution in [0.1, 0.15) is 29.2 Å². The van der Waals surface area contributed by atoms with Crippen molar-refractivity contribution < 1.29 is 14.3 Å². The van der Waals surface area contributed by atoms with Crippen molar-refractivity contribution in [1.82, 2.24) is 14.3 Å². The fraction of sp³-hybridized carbons (Fsp3) is 0.500. The number of hydrogen-bond acceptors (Lipinski definition) is 5. The van der Waals surface area contributed by atoms with Crippen molar-refractivity contribution in [1.29, 1.82) is 0 Å². The third-order valence-corrected chi connectivity index (χ3v) is 4.26. The van der Waals surface area contributed by atoms with Crippen LogP contribution in [-0.2, 0) is 9.53 Å². The minimum absolute atomic E-state index is 0.0346. The van der Waals surface area contributed by atoms with Gasteiger partial charge in [-0.05, 0) is 12.8 Å². The second-order valence-electron chi connectivity index (χ2n) is 5.25. The lowest BCUT2D eigenvalue weighted by Crippen LogP contribution is -2.38. The number of carbonyl (C=O) groups excluding carboxylic acids is 2. The van der Waals surface area contributed by atoms with Crippen LogP contribution in [-0.4, -0.2) is 46.4 Å². The quantitative estimate of drug-likeness (QED) is 0.792. The van der Waals surface area contributed by atoms with Crippen LogP contribution in [0, 0.1) is 12.8 Å². The van der Waals surface area contributed by atoms with E-state index in [1.54, 1.807) is 6.20 Å². The molecule has 0 aromatic carbocycles. The summed E-state index contributed by atoms with van der Waals surface area (Å²) in [6.07, 6.45) is 3.53. The van der Waals surface area contributed by atoms with E-state index in [4.69, 9.17) is 0 Å². The Kier molecular flexibility index (Phi) is 4.62. The predicted octanol–water partition coefficient (Wildman–Crippen LogP) is 1.98. The van der Waals surface area contributed by atoms with E-state index >= 15 is 0 Å². The van der Waals surface area contributed by atoms with Gasteiger partial charge in [-0.15, -0.1) is 0 Å². The Labute approximate surface area is 127 Å². The molecule has 114 valence electrons. The zero-order valence-corrected chi connectivity index (χ0v) is 13.4. The van der Waals surface area contributed by atoms with Gasteiger partial charge in [0.1, 0.15) is 11.4 Å². The number of carbonyl (C=O) groups is 2. The highest BCUT2D eigenvalue weighted by Crippen LogP contribution is 2.23. The summed E-state index contributed by atoms with van der Waals surface area (Å²) >= 11 is 1.34. The van der Waals surface area contributed by atoms with E-state index in [1.165, 1.54) is 23.3 Å². The second-order valence-corrected chi connectivity index (χ2v) is 6.23. The van der Waals surface area contributed by atoms with Gasteiger partial charge in [0.15, 0.2) is 4.96 Å². The maximum absolute atomic E-state index is 12.7. The van der Waals surface area contributed by atoms with Crippen molar-refractivity contribution >= 4 is 28.2 Å². The number of aryl methyl sites for hydroxylation is 1. The summed E-state index contributed by atoms with van der Waals surface area (Å²) in [5.74, 6) is -0.298. The average molecular weight is 309 g/mol. The van der Waals surface area contributed by atoms with Crippen molar-refractivity contribution in [2.24, 2.45) is 5.92 Å². The van der Waals surface area contributed by atoms with E-state index in [0.29, 0.717) is 11.4 Å². The van der Waals surface area contributed by atoms with Gasteiger partial charge in [0.05, 0.1) is 7.11 Å². The second kappa shape index (κ2) is 6.26. The Hall–Kier alpha value is -1.89. The van der Waals surface area contributed by atoms with Crippen molar-refractivity contribution in [3.05, 3.63) is 23.0 Å². The third kappa shape index (κ3) is 3.24. The highest BCUT2D eigenvalue weighted by Gasteiger charge is 2.24. The maximum atomic E-state index is 12.7. The fourth-order valence-electron chi connectivity index (χ4n) is 2.12. The molecule has 0 saturated heterocycles. The molecule has 6 nitrogen and oxygen atoms in total. The van der Waals surface area contributed by atoms with Crippen LogP contribution in [0.3, 0.4) is 0 Å². The molecule has 0 unspecified atom stereocenters. The molecule has 0 fully saturated rings. The average Bonchev–Trinajstić information content (AvgIpc) is 3.00. The normalized spacial score (nSPS) is 11.1. The molecule has 0 saturated carbocycles. The van der Waals surface area contributed by atoms with Gasteiger partial charge < -0.3 is 9.64 Å². The van der Waals surface area contributed by atoms with Gasteiger partial charge in [-0.3, -0.25) is 14.0 Å². The summed E-state index contributed by atoms with van der Waals surface area (Å²) in [5, 5.41) is 0. The van der Waals surface area contributed by atoms with Gasteiger partial charge in [0, 0.05) is 24.6 Å². The van der Waals surface area contributed by atoms with Gasteiger partial charge in [-0.2, -0.15) is 0 Å². The number of methoxy groups -OCH3 is 1. The van der Waals surface area contributed by atoms with Crippen molar-refractivity contribution in [2.45, 2.75) is 20.8 Å². The van der Waals surface area contributed by atoms with Gasteiger partial charge >= 0.3 is 5.97 Å². The van der Waals surface area contributed by atoms with E-state index in [2.05, 4.69) is 9.72 Å². The molecule has 0 atom stereocenters. The fourth-order valence-corrected chi connectivity index (χ4v) is 3.17. The highest BCUT2D eigenvalue weighted by atomic mass is 32.1. The molecule has 0 aliphatic heterocycles. The molecule has 0 N–H and O–H groups in total. The van der Waals surface area contributed by atoms with Crippen LogP contribution < -0.4 is 0 Å². The number of ether oxygens (including phenoxy) is 1. The molecule has 21 heavy (non-hydrogen) atoms. The zero-order chi connectivity index (χ0) is 15.6. The number of thiazole rings is 1. The van der Waals surface area contributed by atoms with Crippen LogP contribution in [0.2, 0.25) is 0 Å². The lowest BCUT2D eigenvalue weighted by Gasteiger charge is -2.23. The third-order valence-electron chi connectivity index (χ3n) is 3.10. The van der Waals surface area contributed by atoms with E-state index in [9.17, 15) is 9.59 Å². The summed E-state index contributed by atoms with van der Waals surface area (Å²) < 4.78 is 6.55. The molecule has 2 aromatic rings. The Morgan fingerprint density at radius 3 is 2.76 bits per heavy atom. The topological polar surface area (TPSA) is 63.9 Å². The van der Waals surface area contributed by atoms with E-state index < -0.39 is 5.97 Å². The number of amides is 1. The van der Waals surface area contributed by atoms with Gasteiger partial charge in [0.25, 0.3) is 5.91 Å². The largest absolute Gasteiger partial charge is 0.468 e. The molecular formula is C14H19N3O3S. The van der Waals surface area contributed by atoms with Crippen LogP contribution in [0.4, 0.5) is 0 Å². The van der Waals surface area contributed by atoms with Gasteiger partial charge in [-0.25, -0.2) is 4.98 Å². The Bertz CT molecular complexity index is 660. The SMILES string of the molecule is COC(=O)CN(CC(C)C)C(=O)c1sc2nccn2c1C. The van der Waals surface area contributed by atoms with Gasteiger partial charge in [0.2, 0.25) is 0 Å². The smallest absolute Gasteiger partial charge is 0.325 e. The van der Waals surface area contributed by atoms with Crippen molar-refractivity contribution in [2.75, 3.05) is 20.2 Å². The minimum atomic E-state index is -0.414. The minimum Gasteiger partial charge on any atom is -0.468 e. The molecule has 1 amide bonds. The number of fused-ring (bicyclic) bond motifs is 1. The summed E-state index contributed by atoms with van der Waals surface area (Å²) in [7, 11) is 1.32. The Morgan fingerprint density at radius 2 is 2.19 bits per heavy atom. The molecule has 2 heterocycles. The first-order chi connectivity index (χ1) is 9.93. The molecular weight excluding hydrogens is 290 g/mol. The first-order valence-electron chi connectivity index (χ1n) is 6.72. The molecule has 2 rings (SSSR count). The van der Waals surface area contributed by atoms with Crippen LogP contribution in [0.15, 0.2) is 12.4 Å². The monoisotopic (exact) mass is 309 g/mol. The predicted molar refractivity (Wildman–Crippen MR) is 80.6 cm³/mol. The van der Waals surface area contributed by atoms with E-state index in [0.717, 1.165) is 10.7 Å². The number of aromatic nitrogens is 2. The van der Waals surface area contributed by atoms with Crippen LogP contribution >= 0.6 is 11.3 Å². The van der Waals surface area contributed by atoms with E-state index in [-0.39, 0.29) is 18.4 Å². The number of nitrogens with zero attached hydrogens (tertiary/aromatic N) is 3. The lowest BCUT2D eigenvalue weighted by atomic mass is 10.2.